The van der Waals surface area contributed by atoms with Crippen LogP contribution < -0.4 is 16.8 Å². The van der Waals surface area contributed by atoms with E-state index in [-0.39, 0.29) is 64.0 Å². The van der Waals surface area contributed by atoms with Gasteiger partial charge in [-0.3, -0.25) is 19.6 Å². The van der Waals surface area contributed by atoms with Gasteiger partial charge in [0.25, 0.3) is 11.8 Å². The molecule has 214 valence electrons. The molecule has 40 heavy (non-hydrogen) atoms. The summed E-state index contributed by atoms with van der Waals surface area (Å²) in [5.41, 5.74) is -0.594. The summed E-state index contributed by atoms with van der Waals surface area (Å²) in [6.45, 7) is 12.8. The normalized spacial score (nSPS) is 21.5. The van der Waals surface area contributed by atoms with Crippen molar-refractivity contribution in [2.24, 2.45) is 21.8 Å². The number of aromatic nitrogens is 2. The number of carboxylic acid groups (broad SMARTS) is 2. The van der Waals surface area contributed by atoms with Crippen LogP contribution in [0.1, 0.15) is 79.2 Å². The van der Waals surface area contributed by atoms with Crippen LogP contribution in [-0.4, -0.2) is 66.7 Å². The minimum Gasteiger partial charge on any atom is -0.478 e. The van der Waals surface area contributed by atoms with Crippen molar-refractivity contribution in [2.45, 2.75) is 59.5 Å². The Kier molecular flexibility index (Phi) is 9.27. The zero-order valence-corrected chi connectivity index (χ0v) is 23.6. The molecule has 2 aromatic rings. The Morgan fingerprint density at radius 3 is 1.68 bits per heavy atom. The molecule has 2 aliphatic rings. The second-order valence-corrected chi connectivity index (χ2v) is 10.4. The van der Waals surface area contributed by atoms with Crippen molar-refractivity contribution in [3.8, 4) is 0 Å². The van der Waals surface area contributed by atoms with Crippen LogP contribution >= 0.6 is 0 Å². The molecule has 2 unspecified atom stereocenters. The number of rotatable bonds is 6. The van der Waals surface area contributed by atoms with Crippen LogP contribution in [0.2, 0.25) is 0 Å². The molecule has 4 rings (SSSR count). The number of pyridine rings is 2. The topological polar surface area (TPSA) is 218 Å². The summed E-state index contributed by atoms with van der Waals surface area (Å²) >= 11 is 0. The second kappa shape index (κ2) is 11.7. The molecule has 13 nitrogen and oxygen atoms in total. The number of nitrogens with one attached hydrogen (secondary N) is 2. The average Bonchev–Trinajstić information content (AvgIpc) is 3.35. The quantitative estimate of drug-likeness (QED) is 0.354. The largest absolute Gasteiger partial charge is 0.478 e. The van der Waals surface area contributed by atoms with Crippen LogP contribution in [0.5, 0.6) is 0 Å². The number of aryl methyl sites for hydroxylation is 1. The summed E-state index contributed by atoms with van der Waals surface area (Å²) < 4.78 is 0. The highest BCUT2D eigenvalue weighted by atomic mass is 16.4. The first kappa shape index (κ1) is 31.7. The number of amides is 2. The van der Waals surface area contributed by atoms with Crippen molar-refractivity contribution in [1.82, 2.24) is 26.8 Å². The maximum atomic E-state index is 12.1. The van der Waals surface area contributed by atoms with E-state index in [1.807, 2.05) is 27.7 Å². The van der Waals surface area contributed by atoms with Crippen LogP contribution in [0, 0.1) is 18.8 Å². The van der Waals surface area contributed by atoms with Gasteiger partial charge in [0.1, 0.15) is 22.5 Å². The first-order valence-corrected chi connectivity index (χ1v) is 12.3. The monoisotopic (exact) mass is 553 g/mol. The molecular weight excluding hydrogens is 518 g/mol. The fourth-order valence-corrected chi connectivity index (χ4v) is 3.78. The Morgan fingerprint density at radius 1 is 0.825 bits per heavy atom. The minimum atomic E-state index is -1.10. The lowest BCUT2D eigenvalue weighted by Gasteiger charge is -2.21. The number of aromatic carboxylic acids is 2. The fourth-order valence-electron chi connectivity index (χ4n) is 3.78. The molecule has 0 aliphatic carbocycles. The maximum Gasteiger partial charge on any atom is 0.338 e. The van der Waals surface area contributed by atoms with Crippen molar-refractivity contribution in [1.29, 1.82) is 0 Å². The van der Waals surface area contributed by atoms with E-state index in [2.05, 4.69) is 30.6 Å². The number of nitrogens with zero attached hydrogens (tertiary/aromatic N) is 4. The number of carbonyl (C=O) groups is 4. The van der Waals surface area contributed by atoms with E-state index < -0.39 is 23.0 Å². The zero-order chi connectivity index (χ0) is 29.3. The maximum absolute atomic E-state index is 12.1. The van der Waals surface area contributed by atoms with Gasteiger partial charge in [0.05, 0.1) is 11.1 Å². The highest BCUT2D eigenvalue weighted by molar-refractivity contribution is 6.18. The van der Waals surface area contributed by atoms with Gasteiger partial charge in [0.15, 0.2) is 11.7 Å². The smallest absolute Gasteiger partial charge is 0.338 e. The number of carbonyl (C=O) groups excluding carboxylic acids is 2. The van der Waals surface area contributed by atoms with Crippen LogP contribution in [-0.2, 0) is 9.59 Å². The van der Waals surface area contributed by atoms with E-state index in [0.29, 0.717) is 0 Å². The van der Waals surface area contributed by atoms with Gasteiger partial charge in [0.2, 0.25) is 0 Å². The average molecular weight is 554 g/mol. The molecule has 0 saturated heterocycles. The number of carboxylic acids is 2. The molecule has 0 fully saturated rings. The molecule has 2 aliphatic heterocycles. The predicted molar refractivity (Wildman–Crippen MR) is 148 cm³/mol. The van der Waals surface area contributed by atoms with E-state index >= 15 is 0 Å². The number of hydrogen-bond acceptors (Lipinski definition) is 9. The molecule has 4 heterocycles. The highest BCUT2D eigenvalue weighted by Gasteiger charge is 2.44. The van der Waals surface area contributed by atoms with E-state index in [1.165, 1.54) is 24.4 Å². The van der Waals surface area contributed by atoms with Gasteiger partial charge >= 0.3 is 11.9 Å². The van der Waals surface area contributed by atoms with Crippen molar-refractivity contribution in [2.75, 3.05) is 0 Å². The summed E-state index contributed by atoms with van der Waals surface area (Å²) in [7, 11) is 0. The third-order valence-electron chi connectivity index (χ3n) is 7.06. The summed E-state index contributed by atoms with van der Waals surface area (Å²) in [4.78, 5) is 63.4. The van der Waals surface area contributed by atoms with Crippen LogP contribution in [0.3, 0.4) is 0 Å². The van der Waals surface area contributed by atoms with Crippen LogP contribution in [0.15, 0.2) is 40.6 Å². The highest BCUT2D eigenvalue weighted by Crippen LogP contribution is 2.28. The molecular formula is C27H35N7O6. The Hall–Kier alpha value is -4.52. The van der Waals surface area contributed by atoms with Gasteiger partial charge in [0, 0.05) is 12.4 Å². The van der Waals surface area contributed by atoms with Crippen molar-refractivity contribution >= 4 is 35.4 Å². The van der Waals surface area contributed by atoms with Gasteiger partial charge in [-0.25, -0.2) is 19.6 Å². The van der Waals surface area contributed by atoms with Crippen LogP contribution in [0.4, 0.5) is 0 Å². The molecule has 0 bridgehead atoms. The standard InChI is InChI=1S/C14H17N3O3.C13H15N3O3.H3N/c1-7(2)14(4)13(20)16-11(17-14)10-9(12(18)19)5-8(3)6-15-10;1-7(2)13(3)12(19)15-10(16-13)9-8(11(17)18)5-4-6-14-9;/h5-7H,1-4H3,(H,18,19)(H,16,17,20);4-7H,1-3H3,(H,17,18)(H,15,16,19);1H3. The third kappa shape index (κ3) is 5.88. The van der Waals surface area contributed by atoms with Gasteiger partial charge in [-0.2, -0.15) is 0 Å². The molecule has 0 saturated carbocycles. The lowest BCUT2D eigenvalue weighted by molar-refractivity contribution is -0.125. The molecule has 0 radical (unpaired) electrons. The van der Waals surface area contributed by atoms with Gasteiger partial charge in [-0.1, -0.05) is 27.7 Å². The van der Waals surface area contributed by atoms with Gasteiger partial charge < -0.3 is 27.0 Å². The number of amidine groups is 2. The fraction of sp³-hybridized carbons (Fsp3) is 0.407. The van der Waals surface area contributed by atoms with Crippen molar-refractivity contribution in [3.05, 3.63) is 58.7 Å². The Morgan fingerprint density at radius 2 is 1.27 bits per heavy atom. The molecule has 13 heteroatoms. The van der Waals surface area contributed by atoms with E-state index in [9.17, 15) is 24.3 Å². The Labute approximate surface area is 231 Å². The first-order chi connectivity index (χ1) is 18.1. The second-order valence-electron chi connectivity index (χ2n) is 10.4. The summed E-state index contributed by atoms with van der Waals surface area (Å²) in [6.07, 6.45) is 3.03. The minimum absolute atomic E-state index is 0. The van der Waals surface area contributed by atoms with Crippen LogP contribution in [0.25, 0.3) is 0 Å². The SMILES string of the molecule is CC(C)C1(C)N=C(c2ncccc2C(=O)O)NC1=O.Cc1cnc(C2=NC(C)(C(C)C)C(=O)N2)c(C(=O)O)c1.N. The third-order valence-corrected chi connectivity index (χ3v) is 7.06. The number of aliphatic imine (C=N–C) groups is 2. The summed E-state index contributed by atoms with van der Waals surface area (Å²) in [5.74, 6) is -2.21. The zero-order valence-electron chi connectivity index (χ0n) is 23.6. The van der Waals surface area contributed by atoms with E-state index in [0.717, 1.165) is 5.56 Å². The molecule has 2 atom stereocenters. The summed E-state index contributed by atoms with van der Waals surface area (Å²) in [5, 5.41) is 23.6. The Balaban J connectivity index is 0.000000274. The van der Waals surface area contributed by atoms with Crippen molar-refractivity contribution < 1.29 is 29.4 Å². The molecule has 2 amide bonds. The lowest BCUT2D eigenvalue weighted by Crippen LogP contribution is -2.41. The molecule has 0 aromatic carbocycles. The lowest BCUT2D eigenvalue weighted by atomic mass is 9.89. The van der Waals surface area contributed by atoms with Gasteiger partial charge in [-0.05, 0) is 56.4 Å². The van der Waals surface area contributed by atoms with E-state index in [4.69, 9.17) is 5.11 Å². The van der Waals surface area contributed by atoms with E-state index in [1.54, 1.807) is 27.0 Å². The molecule has 7 N–H and O–H groups in total. The van der Waals surface area contributed by atoms with Gasteiger partial charge in [-0.15, -0.1) is 0 Å². The first-order valence-electron chi connectivity index (χ1n) is 12.3. The number of hydrogen-bond donors (Lipinski definition) is 5. The van der Waals surface area contributed by atoms with Crippen molar-refractivity contribution in [3.63, 3.8) is 0 Å². The molecule has 2 aromatic heterocycles. The predicted octanol–water partition coefficient (Wildman–Crippen LogP) is 2.61. The Bertz CT molecular complexity index is 1420. The summed E-state index contributed by atoms with van der Waals surface area (Å²) in [6, 6.07) is 4.49. The molecule has 0 spiro atoms.